The molecule has 1 aliphatic heterocycles. The first-order chi connectivity index (χ1) is 12.7. The van der Waals surface area contributed by atoms with E-state index in [-0.39, 0.29) is 5.91 Å². The number of thioether (sulfide) groups is 1. The molecule has 0 spiro atoms. The van der Waals surface area contributed by atoms with Crippen molar-refractivity contribution in [1.29, 1.82) is 0 Å². The van der Waals surface area contributed by atoms with E-state index in [1.54, 1.807) is 11.8 Å². The van der Waals surface area contributed by atoms with Crippen LogP contribution in [0.5, 0.6) is 0 Å². The Balaban J connectivity index is 1.58. The van der Waals surface area contributed by atoms with Gasteiger partial charge in [-0.2, -0.15) is 5.10 Å². The van der Waals surface area contributed by atoms with Crippen LogP contribution in [0.3, 0.4) is 0 Å². The van der Waals surface area contributed by atoms with Gasteiger partial charge in [0.1, 0.15) is 0 Å². The van der Waals surface area contributed by atoms with Gasteiger partial charge < -0.3 is 5.32 Å². The zero-order valence-electron chi connectivity index (χ0n) is 14.3. The Labute approximate surface area is 156 Å². The molecule has 0 bridgehead atoms. The van der Waals surface area contributed by atoms with Gasteiger partial charge in [0.2, 0.25) is 5.91 Å². The lowest BCUT2D eigenvalue weighted by Crippen LogP contribution is -2.13. The second kappa shape index (κ2) is 7.17. The maximum atomic E-state index is 11.5. The highest BCUT2D eigenvalue weighted by molar-refractivity contribution is 7.99. The van der Waals surface area contributed by atoms with Crippen molar-refractivity contribution in [3.05, 3.63) is 66.4 Å². The molecule has 1 aromatic heterocycles. The highest BCUT2D eigenvalue weighted by Crippen LogP contribution is 2.28. The lowest BCUT2D eigenvalue weighted by atomic mass is 10.1. The van der Waals surface area contributed by atoms with E-state index in [1.807, 2.05) is 72.4 Å². The Morgan fingerprint density at radius 1 is 1.12 bits per heavy atom. The fourth-order valence-corrected chi connectivity index (χ4v) is 3.58. The van der Waals surface area contributed by atoms with Crippen LogP contribution in [0, 0.1) is 0 Å². The maximum absolute atomic E-state index is 11.5. The number of benzene rings is 2. The van der Waals surface area contributed by atoms with Crippen molar-refractivity contribution < 1.29 is 4.79 Å². The molecule has 130 valence electrons. The number of nitrogens with one attached hydrogen (secondary N) is 1. The molecule has 4 rings (SSSR count). The van der Waals surface area contributed by atoms with E-state index in [0.29, 0.717) is 6.42 Å². The molecule has 0 saturated heterocycles. The van der Waals surface area contributed by atoms with Crippen LogP contribution in [0.2, 0.25) is 0 Å². The van der Waals surface area contributed by atoms with E-state index >= 15 is 0 Å². The van der Waals surface area contributed by atoms with E-state index in [0.717, 1.165) is 39.1 Å². The monoisotopic (exact) mass is 362 g/mol. The Bertz CT molecular complexity index is 961. The summed E-state index contributed by atoms with van der Waals surface area (Å²) >= 11 is 1.68. The van der Waals surface area contributed by atoms with Crippen molar-refractivity contribution >= 4 is 29.1 Å². The molecular weight excluding hydrogens is 344 g/mol. The van der Waals surface area contributed by atoms with Gasteiger partial charge in [0.05, 0.1) is 17.6 Å². The van der Waals surface area contributed by atoms with Gasteiger partial charge in [0.15, 0.2) is 5.16 Å². The number of hydrogen-bond donors (Lipinski definition) is 1. The summed E-state index contributed by atoms with van der Waals surface area (Å²) in [5, 5.41) is 8.49. The Morgan fingerprint density at radius 2 is 1.88 bits per heavy atom. The van der Waals surface area contributed by atoms with Crippen LogP contribution < -0.4 is 5.32 Å². The zero-order valence-corrected chi connectivity index (χ0v) is 15.2. The number of anilines is 1. The molecular formula is C20H18N4OS. The summed E-state index contributed by atoms with van der Waals surface area (Å²) < 4.78 is 1.85. The SMILES string of the molecule is CCC(=O)Nc1ccc(C2=Nn3cc(-c4ccccc4)nc3SC2)cc1. The summed E-state index contributed by atoms with van der Waals surface area (Å²) in [4.78, 5) is 16.2. The van der Waals surface area contributed by atoms with Gasteiger partial charge in [-0.1, -0.05) is 61.2 Å². The van der Waals surface area contributed by atoms with Crippen molar-refractivity contribution in [3.63, 3.8) is 0 Å². The van der Waals surface area contributed by atoms with E-state index in [1.165, 1.54) is 0 Å². The number of hydrogen-bond acceptors (Lipinski definition) is 4. The molecule has 0 radical (unpaired) electrons. The summed E-state index contributed by atoms with van der Waals surface area (Å²) in [6, 6.07) is 17.9. The molecule has 5 nitrogen and oxygen atoms in total. The molecule has 0 unspecified atom stereocenters. The van der Waals surface area contributed by atoms with Crippen molar-refractivity contribution in [1.82, 2.24) is 9.66 Å². The van der Waals surface area contributed by atoms with Crippen molar-refractivity contribution in [3.8, 4) is 11.3 Å². The van der Waals surface area contributed by atoms with Crippen molar-refractivity contribution in [2.75, 3.05) is 11.1 Å². The second-order valence-corrected chi connectivity index (χ2v) is 6.88. The van der Waals surface area contributed by atoms with Gasteiger partial charge >= 0.3 is 0 Å². The standard InChI is InChI=1S/C20H18N4OS/c1-2-19(25)21-16-10-8-15(9-11-16)18-13-26-20-22-17(12-24(20)23-18)14-6-4-3-5-7-14/h3-12H,2,13H2,1H3,(H,21,25). The van der Waals surface area contributed by atoms with Gasteiger partial charge in [-0.25, -0.2) is 9.66 Å². The van der Waals surface area contributed by atoms with E-state index in [9.17, 15) is 4.79 Å². The molecule has 2 aromatic carbocycles. The summed E-state index contributed by atoms with van der Waals surface area (Å²) in [6.45, 7) is 1.84. The molecule has 0 atom stereocenters. The van der Waals surface area contributed by atoms with Crippen LogP contribution in [-0.4, -0.2) is 27.0 Å². The lowest BCUT2D eigenvalue weighted by molar-refractivity contribution is -0.115. The summed E-state index contributed by atoms with van der Waals surface area (Å²) in [6.07, 6.45) is 2.44. The van der Waals surface area contributed by atoms with Crippen LogP contribution in [-0.2, 0) is 4.79 Å². The largest absolute Gasteiger partial charge is 0.326 e. The minimum Gasteiger partial charge on any atom is -0.326 e. The summed E-state index contributed by atoms with van der Waals surface area (Å²) in [5.41, 5.74) is 4.86. The fraction of sp³-hybridized carbons (Fsp3) is 0.150. The number of nitrogens with zero attached hydrogens (tertiary/aromatic N) is 3. The molecule has 2 heterocycles. The molecule has 0 fully saturated rings. The number of imidazole rings is 1. The van der Waals surface area contributed by atoms with Crippen LogP contribution in [0.1, 0.15) is 18.9 Å². The van der Waals surface area contributed by atoms with E-state index in [4.69, 9.17) is 5.10 Å². The van der Waals surface area contributed by atoms with Crippen molar-refractivity contribution in [2.24, 2.45) is 5.10 Å². The normalized spacial score (nSPS) is 13.0. The molecule has 1 aliphatic rings. The lowest BCUT2D eigenvalue weighted by Gasteiger charge is -2.13. The smallest absolute Gasteiger partial charge is 0.224 e. The molecule has 0 saturated carbocycles. The first-order valence-corrected chi connectivity index (χ1v) is 9.47. The van der Waals surface area contributed by atoms with Crippen LogP contribution in [0.15, 0.2) is 71.1 Å². The minimum atomic E-state index is 0.0137. The predicted octanol–water partition coefficient (Wildman–Crippen LogP) is 4.26. The topological polar surface area (TPSA) is 59.3 Å². The third kappa shape index (κ3) is 3.41. The first kappa shape index (κ1) is 16.6. The molecule has 3 aromatic rings. The molecule has 26 heavy (non-hydrogen) atoms. The number of fused-ring (bicyclic) bond motifs is 1. The third-order valence-electron chi connectivity index (χ3n) is 4.12. The van der Waals surface area contributed by atoms with Gasteiger partial charge in [-0.05, 0) is 17.7 Å². The van der Waals surface area contributed by atoms with Gasteiger partial charge in [0, 0.05) is 23.4 Å². The average Bonchev–Trinajstić information content (AvgIpc) is 3.12. The molecule has 0 aliphatic carbocycles. The molecule has 1 N–H and O–H groups in total. The highest BCUT2D eigenvalue weighted by Gasteiger charge is 2.17. The first-order valence-electron chi connectivity index (χ1n) is 8.48. The molecule has 6 heteroatoms. The van der Waals surface area contributed by atoms with Gasteiger partial charge in [-0.15, -0.1) is 0 Å². The van der Waals surface area contributed by atoms with E-state index < -0.39 is 0 Å². The minimum absolute atomic E-state index is 0.0137. The van der Waals surface area contributed by atoms with Crippen LogP contribution in [0.4, 0.5) is 5.69 Å². The van der Waals surface area contributed by atoms with Crippen LogP contribution >= 0.6 is 11.8 Å². The highest BCUT2D eigenvalue weighted by atomic mass is 32.2. The second-order valence-electron chi connectivity index (χ2n) is 5.93. The predicted molar refractivity (Wildman–Crippen MR) is 106 cm³/mol. The average molecular weight is 362 g/mol. The Morgan fingerprint density at radius 3 is 2.62 bits per heavy atom. The zero-order chi connectivity index (χ0) is 17.9. The Hall–Kier alpha value is -2.86. The number of carbonyl (C=O) groups excluding carboxylic acids is 1. The van der Waals surface area contributed by atoms with Crippen LogP contribution in [0.25, 0.3) is 11.3 Å². The Kier molecular flexibility index (Phi) is 4.58. The van der Waals surface area contributed by atoms with Gasteiger partial charge in [0.25, 0.3) is 0 Å². The number of carbonyl (C=O) groups is 1. The van der Waals surface area contributed by atoms with E-state index in [2.05, 4.69) is 10.3 Å². The quantitative estimate of drug-likeness (QED) is 0.754. The van der Waals surface area contributed by atoms with Crippen molar-refractivity contribution in [2.45, 2.75) is 18.5 Å². The summed E-state index contributed by atoms with van der Waals surface area (Å²) in [5.74, 6) is 0.783. The molecule has 1 amide bonds. The third-order valence-corrected chi connectivity index (χ3v) is 5.07. The maximum Gasteiger partial charge on any atom is 0.224 e. The fourth-order valence-electron chi connectivity index (χ4n) is 2.70. The summed E-state index contributed by atoms with van der Waals surface area (Å²) in [7, 11) is 0. The number of amides is 1. The number of rotatable bonds is 4. The van der Waals surface area contributed by atoms with Gasteiger partial charge in [-0.3, -0.25) is 4.79 Å². The number of aromatic nitrogens is 2.